The van der Waals surface area contributed by atoms with Crippen molar-refractivity contribution in [2.24, 2.45) is 11.8 Å². The van der Waals surface area contributed by atoms with Crippen molar-refractivity contribution < 1.29 is 0 Å². The molecule has 0 aliphatic carbocycles. The van der Waals surface area contributed by atoms with Gasteiger partial charge in [0.05, 0.1) is 5.69 Å². The first-order chi connectivity index (χ1) is 8.15. The second-order valence-electron chi connectivity index (χ2n) is 5.77. The smallest absolute Gasteiger partial charge is 0.205 e. The fourth-order valence-electron chi connectivity index (χ4n) is 3.14. The van der Waals surface area contributed by atoms with Crippen LogP contribution in [0.3, 0.4) is 0 Å². The van der Waals surface area contributed by atoms with E-state index in [1.165, 1.54) is 32.1 Å². The van der Waals surface area contributed by atoms with Gasteiger partial charge < -0.3 is 14.8 Å². The Bertz CT molecular complexity index is 398. The Morgan fingerprint density at radius 3 is 2.53 bits per heavy atom. The molecule has 4 nitrogen and oxygen atoms in total. The molecule has 2 aliphatic rings. The first-order valence-electron chi connectivity index (χ1n) is 6.66. The molecule has 1 aromatic heterocycles. The minimum Gasteiger partial charge on any atom is -0.342 e. The Kier molecular flexibility index (Phi) is 2.62. The lowest BCUT2D eigenvalue weighted by atomic mass is 10.0. The quantitative estimate of drug-likeness (QED) is 0.840. The van der Waals surface area contributed by atoms with Crippen LogP contribution in [0, 0.1) is 18.8 Å². The van der Waals surface area contributed by atoms with Gasteiger partial charge in [0.15, 0.2) is 0 Å². The molecule has 2 atom stereocenters. The number of fused-ring (bicyclic) bond motifs is 1. The molecule has 3 heterocycles. The number of nitrogens with one attached hydrogen (secondary N) is 1. The molecule has 1 aromatic rings. The summed E-state index contributed by atoms with van der Waals surface area (Å²) < 4.78 is 2.31. The minimum absolute atomic E-state index is 0.491. The van der Waals surface area contributed by atoms with Crippen LogP contribution in [0.1, 0.15) is 25.6 Å². The summed E-state index contributed by atoms with van der Waals surface area (Å²) in [4.78, 5) is 7.19. The third-order valence-corrected chi connectivity index (χ3v) is 4.06. The number of anilines is 1. The van der Waals surface area contributed by atoms with Crippen LogP contribution in [0.25, 0.3) is 0 Å². The summed E-state index contributed by atoms with van der Waals surface area (Å²) in [5.74, 6) is 2.83. The first-order valence-corrected chi connectivity index (χ1v) is 6.66. The molecule has 1 N–H and O–H groups in total. The molecule has 0 saturated carbocycles. The molecule has 0 spiro atoms. The Labute approximate surface area is 103 Å². The van der Waals surface area contributed by atoms with Crippen molar-refractivity contribution in [1.82, 2.24) is 14.9 Å². The molecule has 0 aromatic carbocycles. The van der Waals surface area contributed by atoms with E-state index in [2.05, 4.69) is 41.8 Å². The summed E-state index contributed by atoms with van der Waals surface area (Å²) in [5.41, 5.74) is 1.13. The molecule has 3 rings (SSSR count). The molecule has 0 radical (unpaired) electrons. The zero-order chi connectivity index (χ0) is 12.0. The zero-order valence-corrected chi connectivity index (χ0v) is 11.0. The minimum atomic E-state index is 0.491. The van der Waals surface area contributed by atoms with E-state index in [-0.39, 0.29) is 0 Å². The summed E-state index contributed by atoms with van der Waals surface area (Å²) >= 11 is 0. The molecule has 4 heteroatoms. The van der Waals surface area contributed by atoms with E-state index in [1.807, 2.05) is 0 Å². The summed E-state index contributed by atoms with van der Waals surface area (Å²) in [6, 6.07) is 0.491. The summed E-state index contributed by atoms with van der Waals surface area (Å²) in [6.07, 6.45) is 2.17. The number of aryl methyl sites for hydroxylation is 1. The molecular formula is C13H22N4. The Morgan fingerprint density at radius 2 is 1.94 bits per heavy atom. The van der Waals surface area contributed by atoms with Crippen LogP contribution in [0.5, 0.6) is 0 Å². The Hall–Kier alpha value is -1.03. The maximum atomic E-state index is 4.71. The molecule has 2 fully saturated rings. The molecule has 2 saturated heterocycles. The average Bonchev–Trinajstić information content (AvgIpc) is 2.87. The Morgan fingerprint density at radius 1 is 1.29 bits per heavy atom. The van der Waals surface area contributed by atoms with Gasteiger partial charge in [-0.2, -0.15) is 0 Å². The molecule has 17 heavy (non-hydrogen) atoms. The third kappa shape index (κ3) is 1.84. The topological polar surface area (TPSA) is 33.1 Å². The van der Waals surface area contributed by atoms with Gasteiger partial charge in [0.1, 0.15) is 0 Å². The van der Waals surface area contributed by atoms with E-state index in [4.69, 9.17) is 4.98 Å². The SMILES string of the molecule is Cc1cn(C(C)C)c(N2C[C@H]3CNC[C@H]3C2)n1. The lowest BCUT2D eigenvalue weighted by Gasteiger charge is -2.21. The molecular weight excluding hydrogens is 212 g/mol. The number of nitrogens with zero attached hydrogens (tertiary/aromatic N) is 3. The van der Waals surface area contributed by atoms with Crippen molar-refractivity contribution >= 4 is 5.95 Å². The number of hydrogen-bond donors (Lipinski definition) is 1. The van der Waals surface area contributed by atoms with Crippen molar-refractivity contribution in [3.05, 3.63) is 11.9 Å². The molecule has 94 valence electrons. The van der Waals surface area contributed by atoms with Gasteiger partial charge >= 0.3 is 0 Å². The van der Waals surface area contributed by atoms with Crippen molar-refractivity contribution in [2.45, 2.75) is 26.8 Å². The van der Waals surface area contributed by atoms with Crippen molar-refractivity contribution in [3.8, 4) is 0 Å². The standard InChI is InChI=1S/C13H22N4/c1-9(2)17-6-10(3)15-13(17)16-7-11-4-14-5-12(11)8-16/h6,9,11-12,14H,4-5,7-8H2,1-3H3/t11-,12+. The maximum Gasteiger partial charge on any atom is 0.205 e. The summed E-state index contributed by atoms with van der Waals surface area (Å²) in [5, 5.41) is 3.48. The fourth-order valence-corrected chi connectivity index (χ4v) is 3.14. The predicted octanol–water partition coefficient (Wildman–Crippen LogP) is 1.43. The largest absolute Gasteiger partial charge is 0.342 e. The van der Waals surface area contributed by atoms with E-state index in [1.54, 1.807) is 0 Å². The van der Waals surface area contributed by atoms with E-state index in [9.17, 15) is 0 Å². The average molecular weight is 234 g/mol. The predicted molar refractivity (Wildman–Crippen MR) is 69.4 cm³/mol. The van der Waals surface area contributed by atoms with Crippen LogP contribution in [0.4, 0.5) is 5.95 Å². The first kappa shape index (κ1) is 11.1. The highest BCUT2D eigenvalue weighted by Gasteiger charge is 2.37. The highest BCUT2D eigenvalue weighted by molar-refractivity contribution is 5.36. The van der Waals surface area contributed by atoms with Gasteiger partial charge in [-0.1, -0.05) is 0 Å². The summed E-state index contributed by atoms with van der Waals surface area (Å²) in [6.45, 7) is 11.2. The maximum absolute atomic E-state index is 4.71. The molecule has 2 aliphatic heterocycles. The monoisotopic (exact) mass is 234 g/mol. The second kappa shape index (κ2) is 4.02. The van der Waals surface area contributed by atoms with Crippen LogP contribution >= 0.6 is 0 Å². The van der Waals surface area contributed by atoms with Crippen LogP contribution in [0.15, 0.2) is 6.20 Å². The van der Waals surface area contributed by atoms with Crippen molar-refractivity contribution in [3.63, 3.8) is 0 Å². The van der Waals surface area contributed by atoms with Crippen molar-refractivity contribution in [2.75, 3.05) is 31.1 Å². The highest BCUT2D eigenvalue weighted by Crippen LogP contribution is 2.31. The lowest BCUT2D eigenvalue weighted by Crippen LogP contribution is -2.28. The van der Waals surface area contributed by atoms with Crippen LogP contribution in [0.2, 0.25) is 0 Å². The highest BCUT2D eigenvalue weighted by atomic mass is 15.3. The van der Waals surface area contributed by atoms with Gasteiger partial charge in [-0.15, -0.1) is 0 Å². The lowest BCUT2D eigenvalue weighted by molar-refractivity contribution is 0.533. The number of rotatable bonds is 2. The van der Waals surface area contributed by atoms with Crippen LogP contribution in [-0.4, -0.2) is 35.7 Å². The van der Waals surface area contributed by atoms with Crippen LogP contribution in [-0.2, 0) is 0 Å². The van der Waals surface area contributed by atoms with Crippen molar-refractivity contribution in [1.29, 1.82) is 0 Å². The number of aromatic nitrogens is 2. The second-order valence-corrected chi connectivity index (χ2v) is 5.77. The number of hydrogen-bond acceptors (Lipinski definition) is 3. The van der Waals surface area contributed by atoms with Gasteiger partial charge in [-0.3, -0.25) is 0 Å². The van der Waals surface area contributed by atoms with E-state index in [0.29, 0.717) is 6.04 Å². The van der Waals surface area contributed by atoms with Gasteiger partial charge in [0.2, 0.25) is 5.95 Å². The molecule has 0 amide bonds. The normalized spacial score (nSPS) is 28.1. The van der Waals surface area contributed by atoms with Gasteiger partial charge in [-0.05, 0) is 32.6 Å². The van der Waals surface area contributed by atoms with Gasteiger partial charge in [0.25, 0.3) is 0 Å². The fraction of sp³-hybridized carbons (Fsp3) is 0.769. The molecule has 0 bridgehead atoms. The zero-order valence-electron chi connectivity index (χ0n) is 11.0. The number of imidazole rings is 1. The van der Waals surface area contributed by atoms with Gasteiger partial charge in [-0.25, -0.2) is 4.98 Å². The van der Waals surface area contributed by atoms with E-state index >= 15 is 0 Å². The van der Waals surface area contributed by atoms with Crippen LogP contribution < -0.4 is 10.2 Å². The van der Waals surface area contributed by atoms with Gasteiger partial charge in [0, 0.05) is 38.4 Å². The van der Waals surface area contributed by atoms with E-state index in [0.717, 1.165) is 17.5 Å². The van der Waals surface area contributed by atoms with E-state index < -0.39 is 0 Å². The Balaban J connectivity index is 1.85. The summed E-state index contributed by atoms with van der Waals surface area (Å²) in [7, 11) is 0. The third-order valence-electron chi connectivity index (χ3n) is 4.06. The molecule has 0 unspecified atom stereocenters.